The molecule has 134 valence electrons. The first kappa shape index (κ1) is 18.5. The Bertz CT molecular complexity index is 918. The first-order valence-corrected chi connectivity index (χ1v) is 9.10. The van der Waals surface area contributed by atoms with E-state index >= 15 is 0 Å². The highest BCUT2D eigenvalue weighted by molar-refractivity contribution is 6.36. The van der Waals surface area contributed by atoms with E-state index in [0.29, 0.717) is 21.6 Å². The third-order valence-corrected chi connectivity index (χ3v) is 4.43. The fourth-order valence-electron chi connectivity index (χ4n) is 2.44. The maximum atomic E-state index is 9.98. The molecule has 0 aliphatic rings. The van der Waals surface area contributed by atoms with E-state index in [0.717, 1.165) is 24.8 Å². The van der Waals surface area contributed by atoms with E-state index in [1.165, 1.54) is 11.8 Å². The summed E-state index contributed by atoms with van der Waals surface area (Å²) in [6.07, 6.45) is 4.78. The molecule has 0 fully saturated rings. The Balaban J connectivity index is 1.79. The van der Waals surface area contributed by atoms with Crippen molar-refractivity contribution in [3.63, 3.8) is 0 Å². The smallest absolute Gasteiger partial charge is 0.312 e. The fraction of sp³-hybridized carbons (Fsp3) is 0.200. The average molecular weight is 389 g/mol. The van der Waals surface area contributed by atoms with Crippen molar-refractivity contribution in [1.29, 1.82) is 0 Å². The van der Waals surface area contributed by atoms with E-state index < -0.39 is 0 Å². The van der Waals surface area contributed by atoms with Crippen LogP contribution in [0.25, 0.3) is 11.5 Å². The first-order chi connectivity index (χ1) is 12.6. The summed E-state index contributed by atoms with van der Waals surface area (Å²) < 4.78 is 5.36. The van der Waals surface area contributed by atoms with Gasteiger partial charge in [0.1, 0.15) is 0 Å². The van der Waals surface area contributed by atoms with Gasteiger partial charge in [-0.3, -0.25) is 4.99 Å². The van der Waals surface area contributed by atoms with E-state index in [2.05, 4.69) is 16.9 Å². The van der Waals surface area contributed by atoms with Crippen molar-refractivity contribution in [3.8, 4) is 17.4 Å². The molecule has 0 aliphatic heterocycles. The third kappa shape index (κ3) is 4.45. The van der Waals surface area contributed by atoms with Crippen LogP contribution in [0.5, 0.6) is 5.95 Å². The van der Waals surface area contributed by atoms with Gasteiger partial charge in [-0.1, -0.05) is 48.7 Å². The van der Waals surface area contributed by atoms with E-state index in [4.69, 9.17) is 27.6 Å². The lowest BCUT2D eigenvalue weighted by molar-refractivity contribution is 0.337. The van der Waals surface area contributed by atoms with Gasteiger partial charge in [0.25, 0.3) is 0 Å². The summed E-state index contributed by atoms with van der Waals surface area (Å²) in [6.45, 7) is 2.17. The summed E-state index contributed by atoms with van der Waals surface area (Å²) in [5.41, 5.74) is 2.83. The van der Waals surface area contributed by atoms with Crippen LogP contribution >= 0.6 is 23.2 Å². The normalized spacial score (nSPS) is 11.3. The van der Waals surface area contributed by atoms with Crippen LogP contribution in [-0.2, 0) is 6.42 Å². The standard InChI is InChI=1S/C20H18Cl2N2O2/c1-2-3-4-13-5-7-14(8-6-13)19-24-18(20(25)26-19)12-23-17-10-9-15(21)11-16(17)22/h5-12,25H,2-4H2,1H3. The minimum absolute atomic E-state index is 0.237. The highest BCUT2D eigenvalue weighted by Gasteiger charge is 2.12. The number of unbranched alkanes of at least 4 members (excludes halogenated alkanes) is 1. The average Bonchev–Trinajstić information content (AvgIpc) is 3.00. The number of rotatable bonds is 6. The zero-order chi connectivity index (χ0) is 18.5. The lowest BCUT2D eigenvalue weighted by Crippen LogP contribution is -1.86. The van der Waals surface area contributed by atoms with E-state index in [1.54, 1.807) is 18.2 Å². The number of nitrogens with zero attached hydrogens (tertiary/aromatic N) is 2. The van der Waals surface area contributed by atoms with E-state index in [1.807, 2.05) is 24.3 Å². The molecule has 0 bridgehead atoms. The molecule has 0 radical (unpaired) electrons. The molecule has 3 aromatic rings. The molecule has 0 atom stereocenters. The Hall–Kier alpha value is -2.30. The predicted octanol–water partition coefficient (Wildman–Crippen LogP) is 6.45. The molecule has 6 heteroatoms. The summed E-state index contributed by atoms with van der Waals surface area (Å²) in [6, 6.07) is 13.0. The summed E-state index contributed by atoms with van der Waals surface area (Å²) in [5.74, 6) is 0.0529. The molecular weight excluding hydrogens is 371 g/mol. The largest absolute Gasteiger partial charge is 0.479 e. The monoisotopic (exact) mass is 388 g/mol. The Morgan fingerprint density at radius 2 is 1.92 bits per heavy atom. The third-order valence-electron chi connectivity index (χ3n) is 3.89. The SMILES string of the molecule is CCCCc1ccc(-c2nc(C=Nc3ccc(Cl)cc3Cl)c(O)o2)cc1. The maximum absolute atomic E-state index is 9.98. The van der Waals surface area contributed by atoms with Gasteiger partial charge in [0, 0.05) is 10.6 Å². The predicted molar refractivity (Wildman–Crippen MR) is 106 cm³/mol. The number of aromatic nitrogens is 1. The first-order valence-electron chi connectivity index (χ1n) is 8.35. The van der Waals surface area contributed by atoms with Crippen LogP contribution in [-0.4, -0.2) is 16.3 Å². The van der Waals surface area contributed by atoms with Gasteiger partial charge >= 0.3 is 5.95 Å². The minimum Gasteiger partial charge on any atom is -0.479 e. The Morgan fingerprint density at radius 1 is 1.15 bits per heavy atom. The lowest BCUT2D eigenvalue weighted by Gasteiger charge is -2.00. The number of halogens is 2. The van der Waals surface area contributed by atoms with Crippen LogP contribution in [0, 0.1) is 0 Å². The second kappa shape index (κ2) is 8.39. The van der Waals surface area contributed by atoms with Crippen molar-refractivity contribution >= 4 is 35.1 Å². The number of benzene rings is 2. The van der Waals surface area contributed by atoms with Crippen LogP contribution in [0.3, 0.4) is 0 Å². The van der Waals surface area contributed by atoms with Crippen LogP contribution in [0.15, 0.2) is 51.9 Å². The van der Waals surface area contributed by atoms with Crippen molar-refractivity contribution < 1.29 is 9.52 Å². The molecular formula is C20H18Cl2N2O2. The van der Waals surface area contributed by atoms with Crippen molar-refractivity contribution in [2.75, 3.05) is 0 Å². The minimum atomic E-state index is -0.288. The van der Waals surface area contributed by atoms with Crippen molar-refractivity contribution in [1.82, 2.24) is 4.98 Å². The van der Waals surface area contributed by atoms with Gasteiger partial charge < -0.3 is 9.52 Å². The molecule has 1 aromatic heterocycles. The molecule has 1 N–H and O–H groups in total. The van der Waals surface area contributed by atoms with E-state index in [9.17, 15) is 5.11 Å². The number of aryl methyl sites for hydroxylation is 1. The molecule has 0 spiro atoms. The zero-order valence-electron chi connectivity index (χ0n) is 14.2. The molecule has 0 saturated heterocycles. The number of hydrogen-bond acceptors (Lipinski definition) is 4. The fourth-order valence-corrected chi connectivity index (χ4v) is 2.90. The van der Waals surface area contributed by atoms with Gasteiger partial charge in [-0.2, -0.15) is 0 Å². The lowest BCUT2D eigenvalue weighted by atomic mass is 10.1. The van der Waals surface area contributed by atoms with Crippen molar-refractivity contribution in [3.05, 3.63) is 63.8 Å². The van der Waals surface area contributed by atoms with Crippen LogP contribution in [0.2, 0.25) is 10.0 Å². The summed E-state index contributed by atoms with van der Waals surface area (Å²) in [4.78, 5) is 8.53. The van der Waals surface area contributed by atoms with Crippen LogP contribution < -0.4 is 0 Å². The molecule has 0 amide bonds. The number of aromatic hydroxyl groups is 1. The second-order valence-electron chi connectivity index (χ2n) is 5.86. The number of hydrogen-bond donors (Lipinski definition) is 1. The van der Waals surface area contributed by atoms with Crippen molar-refractivity contribution in [2.24, 2.45) is 4.99 Å². The van der Waals surface area contributed by atoms with Crippen molar-refractivity contribution in [2.45, 2.75) is 26.2 Å². The van der Waals surface area contributed by atoms with Gasteiger partial charge in [-0.05, 0) is 48.7 Å². The summed E-state index contributed by atoms with van der Waals surface area (Å²) in [7, 11) is 0. The molecule has 26 heavy (non-hydrogen) atoms. The summed E-state index contributed by atoms with van der Waals surface area (Å²) >= 11 is 11.9. The zero-order valence-corrected chi connectivity index (χ0v) is 15.8. The van der Waals surface area contributed by atoms with Gasteiger partial charge in [0.05, 0.1) is 16.9 Å². The van der Waals surface area contributed by atoms with Gasteiger partial charge in [0.15, 0.2) is 5.69 Å². The Kier molecular flexibility index (Phi) is 5.96. The molecule has 1 heterocycles. The molecule has 4 nitrogen and oxygen atoms in total. The molecule has 3 rings (SSSR count). The maximum Gasteiger partial charge on any atom is 0.312 e. The highest BCUT2D eigenvalue weighted by Crippen LogP contribution is 2.29. The Morgan fingerprint density at radius 3 is 2.62 bits per heavy atom. The number of aliphatic imine (C=N–C) groups is 1. The van der Waals surface area contributed by atoms with Gasteiger partial charge in [0.2, 0.25) is 5.89 Å². The van der Waals surface area contributed by atoms with Crippen LogP contribution in [0.4, 0.5) is 5.69 Å². The molecule has 2 aromatic carbocycles. The molecule has 0 unspecified atom stereocenters. The highest BCUT2D eigenvalue weighted by atomic mass is 35.5. The Labute approximate surface area is 162 Å². The number of oxazole rings is 1. The summed E-state index contributed by atoms with van der Waals surface area (Å²) in [5, 5.41) is 10.9. The second-order valence-corrected chi connectivity index (χ2v) is 6.71. The van der Waals surface area contributed by atoms with Gasteiger partial charge in [-0.25, -0.2) is 4.98 Å². The molecule has 0 saturated carbocycles. The van der Waals surface area contributed by atoms with E-state index in [-0.39, 0.29) is 11.6 Å². The quantitative estimate of drug-likeness (QED) is 0.493. The topological polar surface area (TPSA) is 58.6 Å². The molecule has 0 aliphatic carbocycles. The van der Waals surface area contributed by atoms with Crippen LogP contribution in [0.1, 0.15) is 31.0 Å². The van der Waals surface area contributed by atoms with Gasteiger partial charge in [-0.15, -0.1) is 0 Å².